The fourth-order valence-electron chi connectivity index (χ4n) is 2.60. The first-order valence-corrected chi connectivity index (χ1v) is 7.88. The number of carbonyl (C=O) groups is 1. The van der Waals surface area contributed by atoms with Gasteiger partial charge in [-0.05, 0) is 46.5 Å². The Labute approximate surface area is 145 Å². The van der Waals surface area contributed by atoms with Gasteiger partial charge in [0.1, 0.15) is 18.2 Å². The Kier molecular flexibility index (Phi) is 5.09. The summed E-state index contributed by atoms with van der Waals surface area (Å²) in [6, 6.07) is 21.1. The zero-order chi connectivity index (χ0) is 17.6. The molecule has 3 aromatic carbocycles. The number of aliphatic carboxylic acids is 1. The fraction of sp³-hybridized carbons (Fsp3) is 0.0952. The van der Waals surface area contributed by atoms with E-state index in [2.05, 4.69) is 0 Å². The van der Waals surface area contributed by atoms with Crippen LogP contribution in [0.3, 0.4) is 0 Å². The van der Waals surface area contributed by atoms with Gasteiger partial charge in [-0.25, -0.2) is 4.39 Å². The lowest BCUT2D eigenvalue weighted by Gasteiger charge is -2.11. The van der Waals surface area contributed by atoms with Crippen LogP contribution in [0.25, 0.3) is 11.1 Å². The van der Waals surface area contributed by atoms with Crippen molar-refractivity contribution >= 4 is 5.97 Å². The highest BCUT2D eigenvalue weighted by Gasteiger charge is 2.08. The summed E-state index contributed by atoms with van der Waals surface area (Å²) < 4.78 is 19.3. The van der Waals surface area contributed by atoms with Gasteiger partial charge in [-0.2, -0.15) is 0 Å². The molecule has 1 N–H and O–H groups in total. The van der Waals surface area contributed by atoms with Crippen LogP contribution in [0.15, 0.2) is 72.8 Å². The van der Waals surface area contributed by atoms with Crippen LogP contribution in [0.5, 0.6) is 5.75 Å². The highest BCUT2D eigenvalue weighted by atomic mass is 19.1. The van der Waals surface area contributed by atoms with E-state index in [4.69, 9.17) is 9.84 Å². The van der Waals surface area contributed by atoms with Gasteiger partial charge in [-0.3, -0.25) is 4.79 Å². The lowest BCUT2D eigenvalue weighted by molar-refractivity contribution is -0.136. The zero-order valence-electron chi connectivity index (χ0n) is 13.5. The van der Waals surface area contributed by atoms with Crippen LogP contribution in [0.4, 0.5) is 4.39 Å². The summed E-state index contributed by atoms with van der Waals surface area (Å²) in [5, 5.41) is 9.07. The Hall–Kier alpha value is -3.14. The maximum atomic E-state index is 13.5. The normalized spacial score (nSPS) is 10.4. The number of ether oxygens (including phenoxy) is 1. The third kappa shape index (κ3) is 4.67. The summed E-state index contributed by atoms with van der Waals surface area (Å²) in [6.45, 7) is 0.375. The number of carboxylic acids is 1. The van der Waals surface area contributed by atoms with Crippen molar-refractivity contribution in [3.05, 3.63) is 89.7 Å². The van der Waals surface area contributed by atoms with Crippen LogP contribution in [-0.2, 0) is 17.8 Å². The Morgan fingerprint density at radius 1 is 0.880 bits per heavy atom. The van der Waals surface area contributed by atoms with Crippen LogP contribution in [0, 0.1) is 5.82 Å². The summed E-state index contributed by atoms with van der Waals surface area (Å²) >= 11 is 0. The second-order valence-electron chi connectivity index (χ2n) is 5.72. The lowest BCUT2D eigenvalue weighted by Crippen LogP contribution is -2.02. The molecule has 0 aliphatic rings. The number of benzene rings is 3. The Morgan fingerprint density at radius 3 is 2.40 bits per heavy atom. The number of halogens is 1. The van der Waals surface area contributed by atoms with Gasteiger partial charge in [-0.15, -0.1) is 0 Å². The maximum absolute atomic E-state index is 13.5. The van der Waals surface area contributed by atoms with Crippen molar-refractivity contribution in [2.45, 2.75) is 13.0 Å². The molecular formula is C21H17FO3. The molecule has 0 aromatic heterocycles. The molecule has 126 valence electrons. The van der Waals surface area contributed by atoms with Gasteiger partial charge >= 0.3 is 5.97 Å². The second-order valence-corrected chi connectivity index (χ2v) is 5.72. The smallest absolute Gasteiger partial charge is 0.307 e. The Bertz CT molecular complexity index is 875. The summed E-state index contributed by atoms with van der Waals surface area (Å²) in [6.07, 6.45) is -0.120. The second kappa shape index (κ2) is 7.62. The highest BCUT2D eigenvalue weighted by Crippen LogP contribution is 2.27. The Balaban J connectivity index is 1.91. The monoisotopic (exact) mass is 336 g/mol. The van der Waals surface area contributed by atoms with E-state index >= 15 is 0 Å². The number of carboxylic acid groups (broad SMARTS) is 1. The van der Waals surface area contributed by atoms with Gasteiger partial charge < -0.3 is 9.84 Å². The summed E-state index contributed by atoms with van der Waals surface area (Å²) in [7, 11) is 0. The zero-order valence-corrected chi connectivity index (χ0v) is 13.5. The average molecular weight is 336 g/mol. The van der Waals surface area contributed by atoms with E-state index in [1.54, 1.807) is 30.3 Å². The molecule has 0 fully saturated rings. The fourth-order valence-corrected chi connectivity index (χ4v) is 2.60. The average Bonchev–Trinajstić information content (AvgIpc) is 2.60. The molecular weight excluding hydrogens is 319 g/mol. The lowest BCUT2D eigenvalue weighted by atomic mass is 10.0. The predicted octanol–water partition coefficient (Wildman–Crippen LogP) is 4.70. The minimum Gasteiger partial charge on any atom is -0.489 e. The van der Waals surface area contributed by atoms with Crippen molar-refractivity contribution in [2.24, 2.45) is 0 Å². The van der Waals surface area contributed by atoms with E-state index in [0.29, 0.717) is 23.5 Å². The van der Waals surface area contributed by atoms with E-state index in [1.165, 1.54) is 12.1 Å². The molecule has 0 aliphatic heterocycles. The van der Waals surface area contributed by atoms with Crippen molar-refractivity contribution in [1.82, 2.24) is 0 Å². The van der Waals surface area contributed by atoms with Gasteiger partial charge in [0.25, 0.3) is 0 Å². The van der Waals surface area contributed by atoms with Crippen molar-refractivity contribution in [2.75, 3.05) is 0 Å². The van der Waals surface area contributed by atoms with Crippen LogP contribution in [-0.4, -0.2) is 11.1 Å². The van der Waals surface area contributed by atoms with Crippen LogP contribution in [0.1, 0.15) is 11.1 Å². The third-order valence-corrected chi connectivity index (χ3v) is 3.73. The first kappa shape index (κ1) is 16.7. The predicted molar refractivity (Wildman–Crippen MR) is 93.9 cm³/mol. The van der Waals surface area contributed by atoms with Crippen LogP contribution < -0.4 is 4.74 Å². The minimum absolute atomic E-state index is 0.120. The molecule has 0 heterocycles. The number of hydrogen-bond donors (Lipinski definition) is 1. The van der Waals surface area contributed by atoms with Crippen molar-refractivity contribution < 1.29 is 19.0 Å². The van der Waals surface area contributed by atoms with E-state index in [9.17, 15) is 9.18 Å². The molecule has 3 nitrogen and oxygen atoms in total. The van der Waals surface area contributed by atoms with Gasteiger partial charge in [0.2, 0.25) is 0 Å². The van der Waals surface area contributed by atoms with E-state index in [1.807, 2.05) is 30.3 Å². The van der Waals surface area contributed by atoms with Crippen LogP contribution in [0.2, 0.25) is 0 Å². The van der Waals surface area contributed by atoms with Gasteiger partial charge in [0, 0.05) is 0 Å². The molecule has 0 atom stereocenters. The minimum atomic E-state index is -0.926. The SMILES string of the molecule is O=C(O)Cc1cc(OCc2ccccc2)cc(-c2cccc(F)c2)c1. The van der Waals surface area contributed by atoms with Crippen molar-refractivity contribution in [3.8, 4) is 16.9 Å². The first-order chi connectivity index (χ1) is 12.1. The van der Waals surface area contributed by atoms with Crippen LogP contribution >= 0.6 is 0 Å². The molecule has 0 aliphatic carbocycles. The molecule has 0 spiro atoms. The summed E-state index contributed by atoms with van der Waals surface area (Å²) in [5.74, 6) is -0.708. The third-order valence-electron chi connectivity index (χ3n) is 3.73. The van der Waals surface area contributed by atoms with Gasteiger partial charge in [0.15, 0.2) is 0 Å². The van der Waals surface area contributed by atoms with Gasteiger partial charge in [0.05, 0.1) is 6.42 Å². The molecule has 0 saturated heterocycles. The summed E-state index contributed by atoms with van der Waals surface area (Å²) in [5.41, 5.74) is 3.02. The molecule has 4 heteroatoms. The molecule has 0 amide bonds. The number of hydrogen-bond acceptors (Lipinski definition) is 2. The first-order valence-electron chi connectivity index (χ1n) is 7.88. The molecule has 0 unspecified atom stereocenters. The maximum Gasteiger partial charge on any atom is 0.307 e. The topological polar surface area (TPSA) is 46.5 Å². The van der Waals surface area contributed by atoms with E-state index in [0.717, 1.165) is 11.1 Å². The van der Waals surface area contributed by atoms with Crippen molar-refractivity contribution in [3.63, 3.8) is 0 Å². The van der Waals surface area contributed by atoms with Crippen molar-refractivity contribution in [1.29, 1.82) is 0 Å². The quantitative estimate of drug-likeness (QED) is 0.710. The highest BCUT2D eigenvalue weighted by molar-refractivity contribution is 5.73. The molecule has 0 saturated carbocycles. The molecule has 0 radical (unpaired) electrons. The Morgan fingerprint density at radius 2 is 1.68 bits per heavy atom. The number of rotatable bonds is 6. The molecule has 3 aromatic rings. The largest absolute Gasteiger partial charge is 0.489 e. The van der Waals surface area contributed by atoms with Gasteiger partial charge in [-0.1, -0.05) is 48.5 Å². The summed E-state index contributed by atoms with van der Waals surface area (Å²) in [4.78, 5) is 11.1. The van der Waals surface area contributed by atoms with E-state index < -0.39 is 5.97 Å². The molecule has 3 rings (SSSR count). The molecule has 25 heavy (non-hydrogen) atoms. The standard InChI is InChI=1S/C21H17FO3/c22-19-8-4-7-17(12-19)18-9-16(11-21(23)24)10-20(13-18)25-14-15-5-2-1-3-6-15/h1-10,12-13H,11,14H2,(H,23,24). The van der Waals surface area contributed by atoms with E-state index in [-0.39, 0.29) is 12.2 Å². The molecule has 0 bridgehead atoms.